The van der Waals surface area contributed by atoms with Crippen LogP contribution in [0.5, 0.6) is 0 Å². The molecular formula is C13H20BrNO2S. The second kappa shape index (κ2) is 9.81. The maximum absolute atomic E-state index is 5.08. The number of hydrogen-bond donors (Lipinski definition) is 1. The molecule has 0 saturated carbocycles. The fourth-order valence-electron chi connectivity index (χ4n) is 1.46. The van der Waals surface area contributed by atoms with Crippen LogP contribution in [-0.2, 0) is 16.0 Å². The van der Waals surface area contributed by atoms with Gasteiger partial charge in [-0.1, -0.05) is 15.9 Å². The summed E-state index contributed by atoms with van der Waals surface area (Å²) >= 11 is 5.34. The molecule has 0 heterocycles. The van der Waals surface area contributed by atoms with Crippen molar-refractivity contribution >= 4 is 27.7 Å². The first kappa shape index (κ1) is 16.0. The molecule has 0 fully saturated rings. The molecule has 0 unspecified atom stereocenters. The summed E-state index contributed by atoms with van der Waals surface area (Å²) < 4.78 is 11.2. The van der Waals surface area contributed by atoms with Crippen LogP contribution in [-0.4, -0.2) is 39.7 Å². The average molecular weight is 334 g/mol. The number of benzene rings is 1. The Bertz CT molecular complexity index is 350. The van der Waals surface area contributed by atoms with Gasteiger partial charge < -0.3 is 14.8 Å². The zero-order valence-corrected chi connectivity index (χ0v) is 13.3. The van der Waals surface area contributed by atoms with Crippen molar-refractivity contribution in [1.82, 2.24) is 5.32 Å². The van der Waals surface area contributed by atoms with Crippen molar-refractivity contribution in [2.45, 2.75) is 11.4 Å². The molecule has 3 nitrogen and oxygen atoms in total. The predicted molar refractivity (Wildman–Crippen MR) is 80.3 cm³/mol. The van der Waals surface area contributed by atoms with E-state index in [0.717, 1.165) is 36.5 Å². The molecule has 0 amide bonds. The lowest BCUT2D eigenvalue weighted by Crippen LogP contribution is -2.19. The van der Waals surface area contributed by atoms with Gasteiger partial charge in [0.05, 0.1) is 13.2 Å². The third-order valence-electron chi connectivity index (χ3n) is 2.37. The highest BCUT2D eigenvalue weighted by Crippen LogP contribution is 2.25. The van der Waals surface area contributed by atoms with Gasteiger partial charge in [0.25, 0.3) is 0 Å². The number of thioether (sulfide) groups is 1. The monoisotopic (exact) mass is 333 g/mol. The largest absolute Gasteiger partial charge is 0.384 e. The number of hydrogen-bond acceptors (Lipinski definition) is 4. The maximum atomic E-state index is 5.08. The Morgan fingerprint density at radius 3 is 2.72 bits per heavy atom. The van der Waals surface area contributed by atoms with Gasteiger partial charge in [0, 0.05) is 42.4 Å². The molecule has 0 bridgehead atoms. The van der Waals surface area contributed by atoms with E-state index in [2.05, 4.69) is 39.4 Å². The van der Waals surface area contributed by atoms with E-state index in [4.69, 9.17) is 9.47 Å². The summed E-state index contributed by atoms with van der Waals surface area (Å²) in [4.78, 5) is 1.31. The number of methoxy groups -OCH3 is 2. The number of halogens is 1. The molecule has 0 atom stereocenters. The average Bonchev–Trinajstić information content (AvgIpc) is 2.37. The zero-order valence-electron chi connectivity index (χ0n) is 10.9. The van der Waals surface area contributed by atoms with Crippen LogP contribution in [0.1, 0.15) is 5.56 Å². The minimum absolute atomic E-state index is 0.736. The van der Waals surface area contributed by atoms with Gasteiger partial charge in [0.2, 0.25) is 0 Å². The highest BCUT2D eigenvalue weighted by Gasteiger charge is 2.04. The number of nitrogens with one attached hydrogen (secondary N) is 1. The Balaban J connectivity index is 2.53. The fourth-order valence-corrected chi connectivity index (χ4v) is 2.82. The standard InChI is InChI=1S/C13H20BrNO2S/c1-16-6-5-15-10-11-9-12(14)3-4-13(11)18-8-7-17-2/h3-4,9,15H,5-8,10H2,1-2H3. The van der Waals surface area contributed by atoms with Crippen LogP contribution in [0.4, 0.5) is 0 Å². The highest BCUT2D eigenvalue weighted by molar-refractivity contribution is 9.10. The van der Waals surface area contributed by atoms with Crippen molar-refractivity contribution in [1.29, 1.82) is 0 Å². The van der Waals surface area contributed by atoms with Gasteiger partial charge in [0.15, 0.2) is 0 Å². The molecule has 18 heavy (non-hydrogen) atoms. The summed E-state index contributed by atoms with van der Waals surface area (Å²) in [5, 5.41) is 3.37. The van der Waals surface area contributed by atoms with Crippen LogP contribution < -0.4 is 5.32 Å². The summed E-state index contributed by atoms with van der Waals surface area (Å²) in [6, 6.07) is 6.39. The van der Waals surface area contributed by atoms with E-state index in [0.29, 0.717) is 0 Å². The van der Waals surface area contributed by atoms with Gasteiger partial charge in [-0.3, -0.25) is 0 Å². The second-order valence-electron chi connectivity index (χ2n) is 3.76. The van der Waals surface area contributed by atoms with E-state index in [1.165, 1.54) is 10.5 Å². The molecule has 1 aromatic rings. The minimum atomic E-state index is 0.736. The van der Waals surface area contributed by atoms with Crippen molar-refractivity contribution < 1.29 is 9.47 Å². The fraction of sp³-hybridized carbons (Fsp3) is 0.538. The van der Waals surface area contributed by atoms with E-state index in [-0.39, 0.29) is 0 Å². The van der Waals surface area contributed by atoms with Crippen LogP contribution in [0.3, 0.4) is 0 Å². The van der Waals surface area contributed by atoms with Crippen molar-refractivity contribution in [3.8, 4) is 0 Å². The molecule has 5 heteroatoms. The molecular weight excluding hydrogens is 314 g/mol. The molecule has 0 spiro atoms. The topological polar surface area (TPSA) is 30.5 Å². The van der Waals surface area contributed by atoms with Crippen LogP contribution in [0.2, 0.25) is 0 Å². The lowest BCUT2D eigenvalue weighted by atomic mass is 10.2. The molecule has 1 aromatic carbocycles. The van der Waals surface area contributed by atoms with Crippen molar-refractivity contribution in [3.63, 3.8) is 0 Å². The molecule has 0 saturated heterocycles. The van der Waals surface area contributed by atoms with Crippen LogP contribution >= 0.6 is 27.7 Å². The Morgan fingerprint density at radius 1 is 1.22 bits per heavy atom. The van der Waals surface area contributed by atoms with Crippen LogP contribution in [0, 0.1) is 0 Å². The van der Waals surface area contributed by atoms with Crippen LogP contribution in [0.25, 0.3) is 0 Å². The molecule has 0 radical (unpaired) electrons. The van der Waals surface area contributed by atoms with Crippen LogP contribution in [0.15, 0.2) is 27.6 Å². The van der Waals surface area contributed by atoms with Crippen molar-refractivity contribution in [2.75, 3.05) is 39.7 Å². The minimum Gasteiger partial charge on any atom is -0.384 e. The zero-order chi connectivity index (χ0) is 13.2. The lowest BCUT2D eigenvalue weighted by molar-refractivity contribution is 0.199. The molecule has 0 aliphatic carbocycles. The van der Waals surface area contributed by atoms with E-state index >= 15 is 0 Å². The summed E-state index contributed by atoms with van der Waals surface area (Å²) in [6.45, 7) is 3.24. The Labute approximate surface area is 122 Å². The molecule has 0 aliphatic rings. The first-order valence-corrected chi connectivity index (χ1v) is 7.65. The molecule has 0 aromatic heterocycles. The summed E-state index contributed by atoms with van der Waals surface area (Å²) in [5.41, 5.74) is 1.31. The Kier molecular flexibility index (Phi) is 8.71. The predicted octanol–water partition coefficient (Wildman–Crippen LogP) is 2.92. The quantitative estimate of drug-likeness (QED) is 0.556. The second-order valence-corrected chi connectivity index (χ2v) is 5.82. The Morgan fingerprint density at radius 2 is 2.00 bits per heavy atom. The van der Waals surface area contributed by atoms with Crippen molar-refractivity contribution in [2.24, 2.45) is 0 Å². The molecule has 1 N–H and O–H groups in total. The van der Waals surface area contributed by atoms with E-state index in [1.807, 2.05) is 11.8 Å². The van der Waals surface area contributed by atoms with Gasteiger partial charge in [-0.2, -0.15) is 0 Å². The number of rotatable bonds is 9. The number of ether oxygens (including phenoxy) is 2. The summed E-state index contributed by atoms with van der Waals surface area (Å²) in [6.07, 6.45) is 0. The summed E-state index contributed by atoms with van der Waals surface area (Å²) in [5.74, 6) is 0.975. The normalized spacial score (nSPS) is 10.8. The lowest BCUT2D eigenvalue weighted by Gasteiger charge is -2.11. The van der Waals surface area contributed by atoms with Gasteiger partial charge >= 0.3 is 0 Å². The smallest absolute Gasteiger partial charge is 0.0587 e. The van der Waals surface area contributed by atoms with E-state index < -0.39 is 0 Å². The molecule has 0 aliphatic heterocycles. The molecule has 102 valence electrons. The first-order chi connectivity index (χ1) is 8.77. The third-order valence-corrected chi connectivity index (χ3v) is 3.94. The van der Waals surface area contributed by atoms with Crippen molar-refractivity contribution in [3.05, 3.63) is 28.2 Å². The first-order valence-electron chi connectivity index (χ1n) is 5.87. The van der Waals surface area contributed by atoms with Gasteiger partial charge in [-0.05, 0) is 23.8 Å². The van der Waals surface area contributed by atoms with Gasteiger partial charge in [-0.15, -0.1) is 11.8 Å². The SMILES string of the molecule is COCCNCc1cc(Br)ccc1SCCOC. The third kappa shape index (κ3) is 6.20. The van der Waals surface area contributed by atoms with E-state index in [1.54, 1.807) is 14.2 Å². The summed E-state index contributed by atoms with van der Waals surface area (Å²) in [7, 11) is 3.45. The highest BCUT2D eigenvalue weighted by atomic mass is 79.9. The van der Waals surface area contributed by atoms with Gasteiger partial charge in [-0.25, -0.2) is 0 Å². The maximum Gasteiger partial charge on any atom is 0.0587 e. The molecule has 1 rings (SSSR count). The Hall–Kier alpha value is -0.0700. The van der Waals surface area contributed by atoms with E-state index in [9.17, 15) is 0 Å². The van der Waals surface area contributed by atoms with Gasteiger partial charge in [0.1, 0.15) is 0 Å².